The topological polar surface area (TPSA) is 64.2 Å². The fourth-order valence-electron chi connectivity index (χ4n) is 1.87. The van der Waals surface area contributed by atoms with Gasteiger partial charge in [-0.05, 0) is 25.0 Å². The largest absolute Gasteiger partial charge is 0.461 e. The van der Waals surface area contributed by atoms with E-state index >= 15 is 0 Å². The Bertz CT molecular complexity index is 602. The number of thioether (sulfide) groups is 1. The van der Waals surface area contributed by atoms with Gasteiger partial charge < -0.3 is 9.32 Å². The van der Waals surface area contributed by atoms with E-state index in [0.717, 1.165) is 29.6 Å². The van der Waals surface area contributed by atoms with Crippen molar-refractivity contribution in [2.45, 2.75) is 24.0 Å². The summed E-state index contributed by atoms with van der Waals surface area (Å²) in [6.45, 7) is 0. The summed E-state index contributed by atoms with van der Waals surface area (Å²) in [5.41, 5.74) is 0. The Hall–Kier alpha value is -1.76. The van der Waals surface area contributed by atoms with E-state index in [9.17, 15) is 4.79 Å². The Labute approximate surface area is 121 Å². The second-order valence-electron chi connectivity index (χ2n) is 4.96. The van der Waals surface area contributed by atoms with Crippen molar-refractivity contribution >= 4 is 17.7 Å². The van der Waals surface area contributed by atoms with Gasteiger partial charge in [-0.15, -0.1) is 10.2 Å². The summed E-state index contributed by atoms with van der Waals surface area (Å²) in [4.78, 5) is 13.3. The zero-order valence-corrected chi connectivity index (χ0v) is 12.3. The summed E-state index contributed by atoms with van der Waals surface area (Å²) in [5.74, 6) is 1.91. The lowest BCUT2D eigenvalue weighted by Crippen LogP contribution is -2.23. The van der Waals surface area contributed by atoms with Gasteiger partial charge in [0.1, 0.15) is 0 Å². The highest BCUT2D eigenvalue weighted by molar-refractivity contribution is 7.99. The first-order valence-corrected chi connectivity index (χ1v) is 7.47. The Morgan fingerprint density at radius 3 is 2.90 bits per heavy atom. The molecule has 0 radical (unpaired) electrons. The third kappa shape index (κ3) is 2.58. The third-order valence-electron chi connectivity index (χ3n) is 3.14. The predicted octanol–water partition coefficient (Wildman–Crippen LogP) is 2.05. The molecule has 0 spiro atoms. The summed E-state index contributed by atoms with van der Waals surface area (Å²) in [6, 6.07) is 4.15. The van der Waals surface area contributed by atoms with Gasteiger partial charge in [-0.3, -0.25) is 9.36 Å². The first-order chi connectivity index (χ1) is 9.66. The number of carbonyl (C=O) groups is 1. The summed E-state index contributed by atoms with van der Waals surface area (Å²) in [7, 11) is 3.51. The van der Waals surface area contributed by atoms with Crippen molar-refractivity contribution in [1.29, 1.82) is 0 Å². The van der Waals surface area contributed by atoms with Crippen LogP contribution in [0.15, 0.2) is 28.0 Å². The molecule has 2 aromatic heterocycles. The van der Waals surface area contributed by atoms with E-state index in [2.05, 4.69) is 14.8 Å². The molecular weight excluding hydrogens is 276 g/mol. The first-order valence-electron chi connectivity index (χ1n) is 6.48. The number of furan rings is 1. The fraction of sp³-hybridized carbons (Fsp3) is 0.462. The van der Waals surface area contributed by atoms with Crippen molar-refractivity contribution in [3.05, 3.63) is 18.4 Å². The molecule has 0 unspecified atom stereocenters. The molecule has 2 aromatic rings. The summed E-state index contributed by atoms with van der Waals surface area (Å²) in [6.07, 6.45) is 3.88. The zero-order chi connectivity index (χ0) is 14.1. The average Bonchev–Trinajstić information content (AvgIpc) is 2.97. The molecule has 0 bridgehead atoms. The molecule has 0 aliphatic heterocycles. The maximum atomic E-state index is 11.7. The van der Waals surface area contributed by atoms with E-state index < -0.39 is 0 Å². The molecular formula is C13H16N4O2S. The van der Waals surface area contributed by atoms with E-state index in [1.807, 2.05) is 12.1 Å². The van der Waals surface area contributed by atoms with Crippen LogP contribution in [-0.4, -0.2) is 45.4 Å². The van der Waals surface area contributed by atoms with E-state index in [0.29, 0.717) is 11.8 Å². The second kappa shape index (κ2) is 5.32. The number of amides is 1. The first kappa shape index (κ1) is 13.2. The molecule has 106 valence electrons. The number of aromatic nitrogens is 3. The number of hydrogen-bond acceptors (Lipinski definition) is 5. The lowest BCUT2D eigenvalue weighted by atomic mass is 10.4. The zero-order valence-electron chi connectivity index (χ0n) is 11.4. The van der Waals surface area contributed by atoms with Crippen LogP contribution in [0.4, 0.5) is 0 Å². The monoisotopic (exact) mass is 292 g/mol. The molecule has 7 heteroatoms. The molecule has 3 rings (SSSR count). The third-order valence-corrected chi connectivity index (χ3v) is 4.07. The van der Waals surface area contributed by atoms with Gasteiger partial charge in [0.05, 0.1) is 12.0 Å². The molecule has 20 heavy (non-hydrogen) atoms. The molecule has 0 saturated heterocycles. The van der Waals surface area contributed by atoms with Crippen molar-refractivity contribution in [2.24, 2.45) is 0 Å². The van der Waals surface area contributed by atoms with Crippen molar-refractivity contribution < 1.29 is 9.21 Å². The molecule has 6 nitrogen and oxygen atoms in total. The summed E-state index contributed by atoms with van der Waals surface area (Å²) in [5, 5.41) is 9.21. The molecule has 1 fully saturated rings. The highest BCUT2D eigenvalue weighted by Crippen LogP contribution is 2.41. The molecule has 1 saturated carbocycles. The molecule has 1 aliphatic carbocycles. The minimum atomic E-state index is 0.0693. The highest BCUT2D eigenvalue weighted by atomic mass is 32.2. The number of rotatable bonds is 5. The summed E-state index contributed by atoms with van der Waals surface area (Å²) >= 11 is 1.43. The van der Waals surface area contributed by atoms with E-state index in [1.54, 1.807) is 25.3 Å². The Kier molecular flexibility index (Phi) is 3.52. The van der Waals surface area contributed by atoms with Crippen molar-refractivity contribution in [3.63, 3.8) is 0 Å². The van der Waals surface area contributed by atoms with Crippen LogP contribution < -0.4 is 0 Å². The maximum Gasteiger partial charge on any atom is 0.232 e. The van der Waals surface area contributed by atoms with Gasteiger partial charge in [0.25, 0.3) is 0 Å². The number of hydrogen-bond donors (Lipinski definition) is 0. The van der Waals surface area contributed by atoms with Gasteiger partial charge in [-0.1, -0.05) is 11.8 Å². The molecule has 0 atom stereocenters. The van der Waals surface area contributed by atoms with Gasteiger partial charge in [0, 0.05) is 20.1 Å². The lowest BCUT2D eigenvalue weighted by molar-refractivity contribution is -0.125. The number of nitrogens with zero attached hydrogens (tertiary/aromatic N) is 4. The smallest absolute Gasteiger partial charge is 0.232 e. The minimum absolute atomic E-state index is 0.0693. The quantitative estimate of drug-likeness (QED) is 0.789. The predicted molar refractivity (Wildman–Crippen MR) is 75.4 cm³/mol. The van der Waals surface area contributed by atoms with E-state index in [-0.39, 0.29) is 5.91 Å². The highest BCUT2D eigenvalue weighted by Gasteiger charge is 2.31. The van der Waals surface area contributed by atoms with Crippen molar-refractivity contribution in [1.82, 2.24) is 19.7 Å². The minimum Gasteiger partial charge on any atom is -0.461 e. The molecule has 1 amide bonds. The standard InChI is InChI=1S/C13H16N4O2S/c1-16(2)11(18)8-20-13-15-14-12(10-4-3-7-19-10)17(13)9-5-6-9/h3-4,7,9H,5-6,8H2,1-2H3. The average molecular weight is 292 g/mol. The molecule has 2 heterocycles. The fourth-order valence-corrected chi connectivity index (χ4v) is 2.85. The molecule has 0 aromatic carbocycles. The van der Waals surface area contributed by atoms with Crippen LogP contribution in [0.5, 0.6) is 0 Å². The Morgan fingerprint density at radius 1 is 1.50 bits per heavy atom. The maximum absolute atomic E-state index is 11.7. The number of carbonyl (C=O) groups excluding carboxylic acids is 1. The van der Waals surface area contributed by atoms with Crippen LogP contribution in [0.1, 0.15) is 18.9 Å². The second-order valence-corrected chi connectivity index (χ2v) is 5.90. The van der Waals surface area contributed by atoms with Gasteiger partial charge >= 0.3 is 0 Å². The Balaban J connectivity index is 1.83. The van der Waals surface area contributed by atoms with Crippen LogP contribution in [0.25, 0.3) is 11.6 Å². The normalized spacial score (nSPS) is 14.5. The lowest BCUT2D eigenvalue weighted by Gasteiger charge is -2.10. The van der Waals surface area contributed by atoms with Crippen molar-refractivity contribution in [3.8, 4) is 11.6 Å². The van der Waals surface area contributed by atoms with Crippen LogP contribution >= 0.6 is 11.8 Å². The van der Waals surface area contributed by atoms with Gasteiger partial charge in [-0.25, -0.2) is 0 Å². The van der Waals surface area contributed by atoms with E-state index in [4.69, 9.17) is 4.42 Å². The van der Waals surface area contributed by atoms with Crippen LogP contribution in [0.3, 0.4) is 0 Å². The van der Waals surface area contributed by atoms with Crippen molar-refractivity contribution in [2.75, 3.05) is 19.8 Å². The SMILES string of the molecule is CN(C)C(=O)CSc1nnc(-c2ccco2)n1C1CC1. The van der Waals surface area contributed by atoms with Crippen LogP contribution in [-0.2, 0) is 4.79 Å². The van der Waals surface area contributed by atoms with Gasteiger partial charge in [0.15, 0.2) is 10.9 Å². The van der Waals surface area contributed by atoms with Gasteiger partial charge in [0.2, 0.25) is 11.7 Å². The van der Waals surface area contributed by atoms with E-state index in [1.165, 1.54) is 11.8 Å². The Morgan fingerprint density at radius 2 is 2.30 bits per heavy atom. The van der Waals surface area contributed by atoms with Crippen LogP contribution in [0.2, 0.25) is 0 Å². The summed E-state index contributed by atoms with van der Waals surface area (Å²) < 4.78 is 7.50. The molecule has 0 N–H and O–H groups in total. The molecule has 1 aliphatic rings. The van der Waals surface area contributed by atoms with Gasteiger partial charge in [-0.2, -0.15) is 0 Å². The van der Waals surface area contributed by atoms with Crippen LogP contribution in [0, 0.1) is 0 Å².